The van der Waals surface area contributed by atoms with Crippen LogP contribution in [0.5, 0.6) is 0 Å². The third-order valence-corrected chi connectivity index (χ3v) is 6.83. The number of amides is 4. The zero-order chi connectivity index (χ0) is 22.9. The quantitative estimate of drug-likeness (QED) is 0.612. The number of carbonyl (C=O) groups is 3. The van der Waals surface area contributed by atoms with E-state index in [4.69, 9.17) is 11.6 Å². The number of aryl methyl sites for hydroxylation is 2. The van der Waals surface area contributed by atoms with Crippen molar-refractivity contribution < 1.29 is 14.4 Å². The van der Waals surface area contributed by atoms with Crippen LogP contribution in [0.15, 0.2) is 42.5 Å². The van der Waals surface area contributed by atoms with Crippen molar-refractivity contribution in [2.24, 2.45) is 0 Å². The predicted molar refractivity (Wildman–Crippen MR) is 126 cm³/mol. The lowest BCUT2D eigenvalue weighted by Gasteiger charge is -2.31. The standard InChI is InChI=1S/C25H28ClN3O3/c1-3-17-8-7-9-18(4-2)22(17)27-21(30)16-28-23(31)25(14-5-6-15-25)29(24(28)32)20-12-10-19(26)11-13-20/h7-13H,3-6,14-16H2,1-2H3,(H,27,30). The van der Waals surface area contributed by atoms with Crippen molar-refractivity contribution in [1.82, 2.24) is 4.90 Å². The molecule has 2 fully saturated rings. The highest BCUT2D eigenvalue weighted by Crippen LogP contribution is 2.44. The summed E-state index contributed by atoms with van der Waals surface area (Å²) in [5.41, 5.74) is 2.56. The lowest BCUT2D eigenvalue weighted by Crippen LogP contribution is -2.47. The summed E-state index contributed by atoms with van der Waals surface area (Å²) in [5, 5.41) is 3.53. The number of hydrogen-bond donors (Lipinski definition) is 1. The van der Waals surface area contributed by atoms with Crippen molar-refractivity contribution in [3.8, 4) is 0 Å². The molecule has 0 unspecified atom stereocenters. The summed E-state index contributed by atoms with van der Waals surface area (Å²) < 4.78 is 0. The Kier molecular flexibility index (Phi) is 6.24. The van der Waals surface area contributed by atoms with Gasteiger partial charge in [-0.25, -0.2) is 4.79 Å². The Labute approximate surface area is 193 Å². The predicted octanol–water partition coefficient (Wildman–Crippen LogP) is 5.18. The third kappa shape index (κ3) is 3.77. The fourth-order valence-electron chi connectivity index (χ4n) is 4.95. The maximum absolute atomic E-state index is 13.5. The number of urea groups is 1. The van der Waals surface area contributed by atoms with Crippen molar-refractivity contribution in [2.75, 3.05) is 16.8 Å². The van der Waals surface area contributed by atoms with Gasteiger partial charge in [-0.15, -0.1) is 0 Å². The average Bonchev–Trinajstić information content (AvgIpc) is 3.35. The Morgan fingerprint density at radius 1 is 1.00 bits per heavy atom. The highest BCUT2D eigenvalue weighted by Gasteiger charge is 2.59. The van der Waals surface area contributed by atoms with E-state index in [1.807, 2.05) is 32.0 Å². The number of para-hydroxylation sites is 1. The van der Waals surface area contributed by atoms with Crippen LogP contribution < -0.4 is 10.2 Å². The minimum atomic E-state index is -0.916. The molecule has 1 N–H and O–H groups in total. The Balaban J connectivity index is 1.61. The van der Waals surface area contributed by atoms with E-state index in [2.05, 4.69) is 5.32 Å². The fraction of sp³-hybridized carbons (Fsp3) is 0.400. The number of nitrogens with zero attached hydrogens (tertiary/aromatic N) is 2. The van der Waals surface area contributed by atoms with Gasteiger partial charge in [-0.2, -0.15) is 0 Å². The number of anilines is 2. The molecule has 0 aromatic heterocycles. The van der Waals surface area contributed by atoms with Crippen molar-refractivity contribution in [3.05, 3.63) is 58.6 Å². The molecule has 1 saturated heterocycles. The smallest absolute Gasteiger partial charge is 0.324 e. The summed E-state index contributed by atoms with van der Waals surface area (Å²) in [6, 6.07) is 12.4. The van der Waals surface area contributed by atoms with Crippen LogP contribution in [0.4, 0.5) is 16.2 Å². The van der Waals surface area contributed by atoms with Crippen LogP contribution in [0.25, 0.3) is 0 Å². The van der Waals surface area contributed by atoms with E-state index < -0.39 is 11.6 Å². The van der Waals surface area contributed by atoms with Gasteiger partial charge < -0.3 is 5.32 Å². The third-order valence-electron chi connectivity index (χ3n) is 6.57. The van der Waals surface area contributed by atoms with Crippen LogP contribution in [-0.2, 0) is 22.4 Å². The monoisotopic (exact) mass is 453 g/mol. The molecule has 0 bridgehead atoms. The summed E-state index contributed by atoms with van der Waals surface area (Å²) in [7, 11) is 0. The molecule has 1 heterocycles. The van der Waals surface area contributed by atoms with Crippen LogP contribution in [0.2, 0.25) is 5.02 Å². The topological polar surface area (TPSA) is 69.7 Å². The molecule has 4 amide bonds. The van der Waals surface area contributed by atoms with Gasteiger partial charge in [-0.05, 0) is 61.1 Å². The first-order chi connectivity index (χ1) is 15.4. The summed E-state index contributed by atoms with van der Waals surface area (Å²) in [5.74, 6) is -0.655. The van der Waals surface area contributed by atoms with E-state index in [0.29, 0.717) is 23.6 Å². The molecule has 2 aromatic rings. The summed E-state index contributed by atoms with van der Waals surface area (Å²) in [4.78, 5) is 42.6. The van der Waals surface area contributed by atoms with Gasteiger partial charge in [0.1, 0.15) is 12.1 Å². The van der Waals surface area contributed by atoms with Crippen molar-refractivity contribution in [2.45, 2.75) is 57.9 Å². The fourth-order valence-corrected chi connectivity index (χ4v) is 5.07. The van der Waals surface area contributed by atoms with E-state index in [-0.39, 0.29) is 18.4 Å². The maximum Gasteiger partial charge on any atom is 0.332 e. The molecule has 6 nitrogen and oxygen atoms in total. The number of rotatable bonds is 6. The maximum atomic E-state index is 13.5. The summed E-state index contributed by atoms with van der Waals surface area (Å²) in [6.45, 7) is 3.77. The highest BCUT2D eigenvalue weighted by molar-refractivity contribution is 6.30. The average molecular weight is 454 g/mol. The van der Waals surface area contributed by atoms with E-state index in [1.165, 1.54) is 0 Å². The Morgan fingerprint density at radius 3 is 2.16 bits per heavy atom. The van der Waals surface area contributed by atoms with E-state index >= 15 is 0 Å². The largest absolute Gasteiger partial charge is 0.332 e. The zero-order valence-electron chi connectivity index (χ0n) is 18.5. The number of halogens is 1. The van der Waals surface area contributed by atoms with Crippen LogP contribution >= 0.6 is 11.6 Å². The van der Waals surface area contributed by atoms with E-state index in [9.17, 15) is 14.4 Å². The summed E-state index contributed by atoms with van der Waals surface area (Å²) in [6.07, 6.45) is 4.48. The molecule has 2 aromatic carbocycles. The molecule has 32 heavy (non-hydrogen) atoms. The molecular formula is C25H28ClN3O3. The zero-order valence-corrected chi connectivity index (χ0v) is 19.2. The molecule has 7 heteroatoms. The van der Waals surface area contributed by atoms with E-state index in [0.717, 1.165) is 47.4 Å². The molecule has 4 rings (SSSR count). The first-order valence-electron chi connectivity index (χ1n) is 11.2. The summed E-state index contributed by atoms with van der Waals surface area (Å²) >= 11 is 6.02. The van der Waals surface area contributed by atoms with Gasteiger partial charge in [0.25, 0.3) is 5.91 Å². The van der Waals surface area contributed by atoms with Gasteiger partial charge in [0, 0.05) is 16.4 Å². The van der Waals surface area contributed by atoms with Gasteiger partial charge in [0.15, 0.2) is 0 Å². The van der Waals surface area contributed by atoms with Gasteiger partial charge in [-0.3, -0.25) is 19.4 Å². The van der Waals surface area contributed by atoms with Gasteiger partial charge in [-0.1, -0.05) is 56.5 Å². The number of imide groups is 1. The number of hydrogen-bond acceptors (Lipinski definition) is 3. The van der Waals surface area contributed by atoms with Crippen molar-refractivity contribution >= 4 is 40.8 Å². The van der Waals surface area contributed by atoms with Crippen LogP contribution in [-0.4, -0.2) is 34.8 Å². The van der Waals surface area contributed by atoms with Gasteiger partial charge >= 0.3 is 6.03 Å². The highest BCUT2D eigenvalue weighted by atomic mass is 35.5. The second-order valence-corrected chi connectivity index (χ2v) is 8.87. The molecular weight excluding hydrogens is 426 g/mol. The first-order valence-corrected chi connectivity index (χ1v) is 11.6. The lowest BCUT2D eigenvalue weighted by molar-refractivity contribution is -0.133. The lowest BCUT2D eigenvalue weighted by atomic mass is 9.95. The molecule has 0 radical (unpaired) electrons. The van der Waals surface area contributed by atoms with E-state index in [1.54, 1.807) is 29.2 Å². The Bertz CT molecular complexity index is 1020. The minimum absolute atomic E-state index is 0.287. The SMILES string of the molecule is CCc1cccc(CC)c1NC(=O)CN1C(=O)N(c2ccc(Cl)cc2)C2(CCCC2)C1=O. The number of carbonyl (C=O) groups excluding carboxylic acids is 3. The molecule has 1 aliphatic heterocycles. The van der Waals surface area contributed by atoms with Gasteiger partial charge in [0.05, 0.1) is 0 Å². The Hall–Kier alpha value is -2.86. The minimum Gasteiger partial charge on any atom is -0.324 e. The second-order valence-electron chi connectivity index (χ2n) is 8.43. The first kappa shape index (κ1) is 22.3. The molecule has 0 atom stereocenters. The van der Waals surface area contributed by atoms with Crippen molar-refractivity contribution in [3.63, 3.8) is 0 Å². The molecule has 1 saturated carbocycles. The van der Waals surface area contributed by atoms with Crippen LogP contribution in [0.1, 0.15) is 50.7 Å². The molecule has 1 aliphatic carbocycles. The Morgan fingerprint density at radius 2 is 1.59 bits per heavy atom. The van der Waals surface area contributed by atoms with Crippen LogP contribution in [0.3, 0.4) is 0 Å². The molecule has 168 valence electrons. The van der Waals surface area contributed by atoms with Crippen LogP contribution in [0, 0.1) is 0 Å². The number of benzene rings is 2. The number of nitrogens with one attached hydrogen (secondary N) is 1. The normalized spacial score (nSPS) is 17.5. The second kappa shape index (κ2) is 8.94. The van der Waals surface area contributed by atoms with Crippen molar-refractivity contribution in [1.29, 1.82) is 0 Å². The molecule has 2 aliphatic rings. The molecule has 1 spiro atoms. The van der Waals surface area contributed by atoms with Gasteiger partial charge in [0.2, 0.25) is 5.91 Å².